The van der Waals surface area contributed by atoms with Gasteiger partial charge in [0.05, 0.1) is 4.34 Å². The molecule has 0 aliphatic carbocycles. The third-order valence-electron chi connectivity index (χ3n) is 3.03. The Hall–Kier alpha value is -1.03. The van der Waals surface area contributed by atoms with Gasteiger partial charge in [0, 0.05) is 17.0 Å². The van der Waals surface area contributed by atoms with Gasteiger partial charge in [-0.3, -0.25) is 0 Å². The summed E-state index contributed by atoms with van der Waals surface area (Å²) in [5, 5.41) is 12.8. The van der Waals surface area contributed by atoms with Crippen molar-refractivity contribution in [2.75, 3.05) is 0 Å². The molecular formula is C15H18ClNOS. The van der Waals surface area contributed by atoms with E-state index < -0.39 is 0 Å². The minimum absolute atomic E-state index is 0.296. The van der Waals surface area contributed by atoms with Crippen LogP contribution >= 0.6 is 22.9 Å². The first-order valence-electron chi connectivity index (χ1n) is 6.34. The van der Waals surface area contributed by atoms with Crippen molar-refractivity contribution < 1.29 is 5.11 Å². The lowest BCUT2D eigenvalue weighted by atomic mass is 10.1. The molecule has 1 aromatic heterocycles. The summed E-state index contributed by atoms with van der Waals surface area (Å²) in [6.07, 6.45) is 0.934. The van der Waals surface area contributed by atoms with Crippen molar-refractivity contribution in [1.82, 2.24) is 5.32 Å². The average molecular weight is 296 g/mol. The van der Waals surface area contributed by atoms with E-state index in [1.807, 2.05) is 18.2 Å². The average Bonchev–Trinajstić information content (AvgIpc) is 2.79. The normalized spacial score (nSPS) is 14.3. The summed E-state index contributed by atoms with van der Waals surface area (Å²) in [6.45, 7) is 4.31. The fourth-order valence-electron chi connectivity index (χ4n) is 2.11. The maximum Gasteiger partial charge on any atom is 0.115 e. The van der Waals surface area contributed by atoms with E-state index in [-0.39, 0.29) is 0 Å². The third kappa shape index (κ3) is 4.23. The smallest absolute Gasteiger partial charge is 0.115 e. The number of phenolic OH excluding ortho intramolecular Hbond substituents is 1. The van der Waals surface area contributed by atoms with Crippen molar-refractivity contribution in [1.29, 1.82) is 0 Å². The van der Waals surface area contributed by atoms with Crippen molar-refractivity contribution in [2.45, 2.75) is 32.4 Å². The van der Waals surface area contributed by atoms with Crippen LogP contribution in [0.25, 0.3) is 0 Å². The molecule has 0 amide bonds. The van der Waals surface area contributed by atoms with Crippen molar-refractivity contribution in [3.63, 3.8) is 0 Å². The van der Waals surface area contributed by atoms with Gasteiger partial charge in [0.25, 0.3) is 0 Å². The predicted molar refractivity (Wildman–Crippen MR) is 82.2 cm³/mol. The minimum atomic E-state index is 0.296. The van der Waals surface area contributed by atoms with E-state index in [9.17, 15) is 5.11 Å². The molecule has 2 atom stereocenters. The second-order valence-electron chi connectivity index (χ2n) is 4.80. The number of thiophene rings is 1. The van der Waals surface area contributed by atoms with Crippen molar-refractivity contribution in [2.24, 2.45) is 0 Å². The van der Waals surface area contributed by atoms with Gasteiger partial charge in [-0.1, -0.05) is 23.7 Å². The largest absolute Gasteiger partial charge is 0.508 e. The molecule has 2 nitrogen and oxygen atoms in total. The number of halogens is 1. The number of nitrogens with one attached hydrogen (secondary N) is 1. The lowest BCUT2D eigenvalue weighted by molar-refractivity contribution is 0.472. The Morgan fingerprint density at radius 1 is 1.16 bits per heavy atom. The van der Waals surface area contributed by atoms with Crippen molar-refractivity contribution >= 4 is 22.9 Å². The fraction of sp³-hybridized carbons (Fsp3) is 0.333. The van der Waals surface area contributed by atoms with Crippen LogP contribution in [0.15, 0.2) is 36.4 Å². The van der Waals surface area contributed by atoms with Gasteiger partial charge in [-0.15, -0.1) is 11.3 Å². The van der Waals surface area contributed by atoms with Gasteiger partial charge in [-0.25, -0.2) is 0 Å². The Kier molecular flexibility index (Phi) is 4.86. The molecule has 2 unspecified atom stereocenters. The lowest BCUT2D eigenvalue weighted by Crippen LogP contribution is -2.30. The maximum atomic E-state index is 9.26. The Bertz CT molecular complexity index is 523. The van der Waals surface area contributed by atoms with Gasteiger partial charge in [-0.2, -0.15) is 0 Å². The molecule has 0 spiro atoms. The van der Waals surface area contributed by atoms with E-state index >= 15 is 0 Å². The zero-order chi connectivity index (χ0) is 13.8. The molecule has 4 heteroatoms. The minimum Gasteiger partial charge on any atom is -0.508 e. The summed E-state index contributed by atoms with van der Waals surface area (Å²) in [4.78, 5) is 1.25. The number of hydrogen-bond acceptors (Lipinski definition) is 3. The molecule has 0 aliphatic rings. The van der Waals surface area contributed by atoms with E-state index in [1.165, 1.54) is 10.4 Å². The van der Waals surface area contributed by atoms with Crippen molar-refractivity contribution in [3.8, 4) is 5.75 Å². The highest BCUT2D eigenvalue weighted by molar-refractivity contribution is 7.16. The van der Waals surface area contributed by atoms with Crippen LogP contribution in [0.3, 0.4) is 0 Å². The molecular weight excluding hydrogens is 278 g/mol. The van der Waals surface area contributed by atoms with Crippen LogP contribution in [0.4, 0.5) is 0 Å². The maximum absolute atomic E-state index is 9.26. The zero-order valence-corrected chi connectivity index (χ0v) is 12.6. The number of hydrogen-bond donors (Lipinski definition) is 2. The Morgan fingerprint density at radius 2 is 1.84 bits per heavy atom. The monoisotopic (exact) mass is 295 g/mol. The molecule has 2 rings (SSSR count). The van der Waals surface area contributed by atoms with Crippen LogP contribution in [-0.2, 0) is 6.42 Å². The summed E-state index contributed by atoms with van der Waals surface area (Å²) in [6, 6.07) is 12.0. The number of phenols is 1. The Balaban J connectivity index is 1.90. The van der Waals surface area contributed by atoms with E-state index in [4.69, 9.17) is 11.6 Å². The molecule has 0 aliphatic heterocycles. The van der Waals surface area contributed by atoms with Gasteiger partial charge >= 0.3 is 0 Å². The number of rotatable bonds is 5. The summed E-state index contributed by atoms with van der Waals surface area (Å²) >= 11 is 7.57. The molecule has 0 radical (unpaired) electrons. The second-order valence-corrected chi connectivity index (χ2v) is 6.55. The zero-order valence-electron chi connectivity index (χ0n) is 11.1. The van der Waals surface area contributed by atoms with Gasteiger partial charge in [0.15, 0.2) is 0 Å². The van der Waals surface area contributed by atoms with Gasteiger partial charge in [0.1, 0.15) is 5.75 Å². The van der Waals surface area contributed by atoms with E-state index in [2.05, 4.69) is 25.2 Å². The van der Waals surface area contributed by atoms with Gasteiger partial charge < -0.3 is 10.4 Å². The molecule has 0 saturated carbocycles. The highest BCUT2D eigenvalue weighted by Gasteiger charge is 2.11. The second kappa shape index (κ2) is 6.42. The number of aromatic hydroxyl groups is 1. The van der Waals surface area contributed by atoms with Crippen LogP contribution in [-0.4, -0.2) is 11.1 Å². The molecule has 0 bridgehead atoms. The van der Waals surface area contributed by atoms with Crippen LogP contribution in [0.5, 0.6) is 5.75 Å². The Morgan fingerprint density at radius 3 is 2.42 bits per heavy atom. The molecule has 1 aromatic carbocycles. The van der Waals surface area contributed by atoms with Crippen molar-refractivity contribution in [3.05, 3.63) is 51.2 Å². The topological polar surface area (TPSA) is 32.3 Å². The molecule has 102 valence electrons. The summed E-state index contributed by atoms with van der Waals surface area (Å²) in [5.74, 6) is 0.311. The SMILES string of the molecule is CC(Cc1ccc(O)cc1)NC(C)c1ccc(Cl)s1. The first-order chi connectivity index (χ1) is 9.04. The first kappa shape index (κ1) is 14.4. The third-order valence-corrected chi connectivity index (χ3v) is 4.45. The van der Waals surface area contributed by atoms with Gasteiger partial charge in [-0.05, 0) is 50.1 Å². The summed E-state index contributed by atoms with van der Waals surface area (Å²) in [5.41, 5.74) is 1.22. The number of benzene rings is 1. The molecule has 0 fully saturated rings. The highest BCUT2D eigenvalue weighted by atomic mass is 35.5. The van der Waals surface area contributed by atoms with Crippen LogP contribution in [0.1, 0.15) is 30.3 Å². The summed E-state index contributed by atoms with van der Waals surface area (Å²) < 4.78 is 0.829. The van der Waals surface area contributed by atoms with E-state index in [0.717, 1.165) is 10.8 Å². The molecule has 19 heavy (non-hydrogen) atoms. The fourth-order valence-corrected chi connectivity index (χ4v) is 3.19. The molecule has 1 heterocycles. The first-order valence-corrected chi connectivity index (χ1v) is 7.53. The van der Waals surface area contributed by atoms with Crippen LogP contribution < -0.4 is 5.32 Å². The quantitative estimate of drug-likeness (QED) is 0.857. The molecule has 0 saturated heterocycles. The van der Waals surface area contributed by atoms with Crippen LogP contribution in [0.2, 0.25) is 4.34 Å². The predicted octanol–water partition coefficient (Wildman–Crippen LogP) is 4.39. The molecule has 2 N–H and O–H groups in total. The van der Waals surface area contributed by atoms with Crippen LogP contribution in [0, 0.1) is 0 Å². The van der Waals surface area contributed by atoms with Gasteiger partial charge in [0.2, 0.25) is 0 Å². The highest BCUT2D eigenvalue weighted by Crippen LogP contribution is 2.27. The standard InChI is InChI=1S/C15H18ClNOS/c1-10(9-12-3-5-13(18)6-4-12)17-11(2)14-7-8-15(16)19-14/h3-8,10-11,17-18H,9H2,1-2H3. The lowest BCUT2D eigenvalue weighted by Gasteiger charge is -2.19. The Labute approximate surface area is 123 Å². The van der Waals surface area contributed by atoms with E-state index in [1.54, 1.807) is 23.5 Å². The van der Waals surface area contributed by atoms with E-state index in [0.29, 0.717) is 17.8 Å². The molecule has 2 aromatic rings. The summed E-state index contributed by atoms with van der Waals surface area (Å²) in [7, 11) is 0.